The maximum absolute atomic E-state index is 12.5. The first kappa shape index (κ1) is 30.6. The molecule has 10 nitrogen and oxygen atoms in total. The van der Waals surface area contributed by atoms with Crippen molar-refractivity contribution in [2.75, 3.05) is 32.8 Å². The van der Waals surface area contributed by atoms with Crippen LogP contribution in [0.3, 0.4) is 0 Å². The molecular weight excluding hydrogens is 532 g/mol. The topological polar surface area (TPSA) is 133 Å². The number of carboxylic acids is 2. The van der Waals surface area contributed by atoms with Gasteiger partial charge in [0, 0.05) is 51.0 Å². The van der Waals surface area contributed by atoms with Gasteiger partial charge in [0.2, 0.25) is 0 Å². The van der Waals surface area contributed by atoms with E-state index in [1.54, 1.807) is 12.1 Å². The minimum absolute atomic E-state index is 0.0446. The van der Waals surface area contributed by atoms with Crippen molar-refractivity contribution < 1.29 is 60.1 Å². The van der Waals surface area contributed by atoms with Gasteiger partial charge in [0.15, 0.2) is 5.76 Å². The number of aromatic nitrogens is 1. The summed E-state index contributed by atoms with van der Waals surface area (Å²) in [5.41, 5.74) is 1.25. The zero-order valence-electron chi connectivity index (χ0n) is 19.5. The van der Waals surface area contributed by atoms with Gasteiger partial charge in [0.1, 0.15) is 0 Å². The van der Waals surface area contributed by atoms with Crippen LogP contribution in [0.4, 0.5) is 26.3 Å². The fourth-order valence-corrected chi connectivity index (χ4v) is 3.60. The molecule has 4 heterocycles. The molecule has 2 aromatic heterocycles. The normalized spacial score (nSPS) is 19.7. The number of furan rings is 1. The molecule has 0 radical (unpaired) electrons. The van der Waals surface area contributed by atoms with Crippen LogP contribution in [-0.2, 0) is 20.9 Å². The Hall–Kier alpha value is -3.66. The van der Waals surface area contributed by atoms with E-state index in [9.17, 15) is 31.1 Å². The fraction of sp³-hybridized carbons (Fsp3) is 0.455. The number of nitrogens with zero attached hydrogens (tertiary/aromatic N) is 3. The predicted molar refractivity (Wildman–Crippen MR) is 115 cm³/mol. The lowest BCUT2D eigenvalue weighted by Crippen LogP contribution is -2.37. The van der Waals surface area contributed by atoms with Gasteiger partial charge >= 0.3 is 24.3 Å². The lowest BCUT2D eigenvalue weighted by Gasteiger charge is -2.22. The van der Waals surface area contributed by atoms with Gasteiger partial charge < -0.3 is 24.3 Å². The van der Waals surface area contributed by atoms with Crippen molar-refractivity contribution in [3.05, 3.63) is 54.2 Å². The molecule has 0 aliphatic carbocycles. The maximum Gasteiger partial charge on any atom is 0.490 e. The summed E-state index contributed by atoms with van der Waals surface area (Å²) < 4.78 is 74.7. The molecule has 0 spiro atoms. The van der Waals surface area contributed by atoms with Crippen molar-refractivity contribution in [2.45, 2.75) is 25.0 Å². The molecular formula is C22H23F6N3O7. The van der Waals surface area contributed by atoms with Gasteiger partial charge in [0.25, 0.3) is 5.91 Å². The van der Waals surface area contributed by atoms with E-state index in [1.165, 1.54) is 11.8 Å². The lowest BCUT2D eigenvalue weighted by molar-refractivity contribution is -0.193. The Balaban J connectivity index is 0.000000301. The Kier molecular flexibility index (Phi) is 10.6. The number of alkyl halides is 6. The summed E-state index contributed by atoms with van der Waals surface area (Å²) in [6.07, 6.45) is -4.79. The first-order chi connectivity index (χ1) is 17.7. The third-order valence-corrected chi connectivity index (χ3v) is 5.26. The summed E-state index contributed by atoms with van der Waals surface area (Å²) in [5, 5.41) is 14.2. The minimum Gasteiger partial charge on any atom is -0.475 e. The Bertz CT molecular complexity index is 1020. The maximum atomic E-state index is 12.5. The monoisotopic (exact) mass is 555 g/mol. The number of rotatable bonds is 3. The molecule has 16 heteroatoms. The van der Waals surface area contributed by atoms with Gasteiger partial charge in [-0.25, -0.2) is 9.59 Å². The second kappa shape index (κ2) is 13.2. The molecule has 2 aliphatic heterocycles. The molecule has 2 atom stereocenters. The third-order valence-electron chi connectivity index (χ3n) is 5.26. The number of carbonyl (C=O) groups is 3. The number of fused-ring (bicyclic) bond motifs is 1. The van der Waals surface area contributed by atoms with Gasteiger partial charge in [-0.1, -0.05) is 0 Å². The van der Waals surface area contributed by atoms with Crippen LogP contribution in [0.5, 0.6) is 0 Å². The van der Waals surface area contributed by atoms with Crippen molar-refractivity contribution in [1.82, 2.24) is 14.8 Å². The first-order valence-electron chi connectivity index (χ1n) is 10.8. The summed E-state index contributed by atoms with van der Waals surface area (Å²) >= 11 is 0. The SMILES string of the molecule is O=C(O)C(F)(F)F.O=C(O)C(F)(F)F.O=C(c1ccco1)N1CCO[C@@H]2CN(Cc3ccncc3)C[C@@H]2C1. The molecule has 1 amide bonds. The van der Waals surface area contributed by atoms with Gasteiger partial charge in [-0.2, -0.15) is 26.3 Å². The highest BCUT2D eigenvalue weighted by Gasteiger charge is 2.39. The second-order valence-corrected chi connectivity index (χ2v) is 8.05. The van der Waals surface area contributed by atoms with Crippen LogP contribution >= 0.6 is 0 Å². The summed E-state index contributed by atoms with van der Waals surface area (Å²) in [4.78, 5) is 38.6. The Morgan fingerprint density at radius 3 is 2.03 bits per heavy atom. The molecule has 2 aliphatic rings. The number of likely N-dealkylation sites (tertiary alicyclic amines) is 1. The number of hydrogen-bond donors (Lipinski definition) is 2. The van der Waals surface area contributed by atoms with Crippen LogP contribution in [0.25, 0.3) is 0 Å². The van der Waals surface area contributed by atoms with E-state index < -0.39 is 24.3 Å². The van der Waals surface area contributed by atoms with E-state index >= 15 is 0 Å². The molecule has 2 aromatic rings. The van der Waals surface area contributed by atoms with Crippen molar-refractivity contribution in [3.63, 3.8) is 0 Å². The van der Waals surface area contributed by atoms with Crippen LogP contribution < -0.4 is 0 Å². The molecule has 2 saturated heterocycles. The zero-order chi connectivity index (χ0) is 28.5. The largest absolute Gasteiger partial charge is 0.490 e. The van der Waals surface area contributed by atoms with Crippen LogP contribution in [0, 0.1) is 5.92 Å². The van der Waals surface area contributed by atoms with E-state index in [4.69, 9.17) is 29.0 Å². The van der Waals surface area contributed by atoms with Crippen LogP contribution in [-0.4, -0.2) is 94.1 Å². The number of aliphatic carboxylic acids is 2. The van der Waals surface area contributed by atoms with Gasteiger partial charge in [-0.15, -0.1) is 0 Å². The molecule has 4 rings (SSSR count). The molecule has 0 unspecified atom stereocenters. The molecule has 38 heavy (non-hydrogen) atoms. The Morgan fingerprint density at radius 2 is 1.53 bits per heavy atom. The number of carbonyl (C=O) groups excluding carboxylic acids is 1. The molecule has 210 valence electrons. The van der Waals surface area contributed by atoms with Gasteiger partial charge in [-0.3, -0.25) is 14.7 Å². The van der Waals surface area contributed by atoms with Crippen molar-refractivity contribution in [3.8, 4) is 0 Å². The number of hydrogen-bond acceptors (Lipinski definition) is 7. The van der Waals surface area contributed by atoms with Gasteiger partial charge in [0.05, 0.1) is 19.0 Å². The standard InChI is InChI=1S/C18H21N3O3.2C2HF3O2/c22-18(16-2-1-8-23-16)21-7-9-24-17-13-20(11-15(17)12-21)10-14-3-5-19-6-4-14;2*3-2(4,5)1(6)7/h1-6,8,15,17H,7,9-13H2;2*(H,6,7)/t15-,17-;;/m1../s1. The zero-order valence-corrected chi connectivity index (χ0v) is 19.5. The highest BCUT2D eigenvalue weighted by molar-refractivity contribution is 5.91. The molecule has 0 bridgehead atoms. The third kappa shape index (κ3) is 9.66. The summed E-state index contributed by atoms with van der Waals surface area (Å²) in [6, 6.07) is 7.55. The van der Waals surface area contributed by atoms with Crippen LogP contribution in [0.1, 0.15) is 16.1 Å². The van der Waals surface area contributed by atoms with E-state index in [0.29, 0.717) is 24.8 Å². The Morgan fingerprint density at radius 1 is 0.947 bits per heavy atom. The molecule has 2 fully saturated rings. The summed E-state index contributed by atoms with van der Waals surface area (Å²) in [7, 11) is 0. The highest BCUT2D eigenvalue weighted by atomic mass is 19.4. The van der Waals surface area contributed by atoms with E-state index in [1.807, 2.05) is 29.4 Å². The lowest BCUT2D eigenvalue weighted by atomic mass is 10.1. The summed E-state index contributed by atoms with van der Waals surface area (Å²) in [6.45, 7) is 4.67. The van der Waals surface area contributed by atoms with E-state index in [2.05, 4.69) is 9.88 Å². The quantitative estimate of drug-likeness (QED) is 0.549. The number of pyridine rings is 1. The van der Waals surface area contributed by atoms with Crippen molar-refractivity contribution in [1.29, 1.82) is 0 Å². The van der Waals surface area contributed by atoms with Crippen LogP contribution in [0.15, 0.2) is 47.3 Å². The molecule has 0 saturated carbocycles. The Labute approximate surface area is 211 Å². The molecule has 0 aromatic carbocycles. The number of carboxylic acid groups (broad SMARTS) is 2. The average molecular weight is 555 g/mol. The fourth-order valence-electron chi connectivity index (χ4n) is 3.60. The predicted octanol–water partition coefficient (Wildman–Crippen LogP) is 2.91. The number of amides is 1. The average Bonchev–Trinajstić information content (AvgIpc) is 3.45. The first-order valence-corrected chi connectivity index (χ1v) is 10.8. The minimum atomic E-state index is -5.08. The smallest absolute Gasteiger partial charge is 0.475 e. The van der Waals surface area contributed by atoms with Crippen molar-refractivity contribution >= 4 is 17.8 Å². The second-order valence-electron chi connectivity index (χ2n) is 8.05. The molecule has 2 N–H and O–H groups in total. The number of halogens is 6. The summed E-state index contributed by atoms with van der Waals surface area (Å²) in [5.74, 6) is -4.81. The van der Waals surface area contributed by atoms with Crippen LogP contribution in [0.2, 0.25) is 0 Å². The van der Waals surface area contributed by atoms with E-state index in [-0.39, 0.29) is 12.0 Å². The highest BCUT2D eigenvalue weighted by Crippen LogP contribution is 2.26. The number of ether oxygens (including phenoxy) is 1. The van der Waals surface area contributed by atoms with Crippen molar-refractivity contribution in [2.24, 2.45) is 5.92 Å². The van der Waals surface area contributed by atoms with Gasteiger partial charge in [-0.05, 0) is 29.8 Å². The van der Waals surface area contributed by atoms with E-state index in [0.717, 1.165) is 26.2 Å².